The van der Waals surface area contributed by atoms with E-state index in [1.54, 1.807) is 6.07 Å². The minimum absolute atomic E-state index is 0.161. The predicted octanol–water partition coefficient (Wildman–Crippen LogP) is 4.23. The highest BCUT2D eigenvalue weighted by molar-refractivity contribution is 6.42. The molecule has 0 heterocycles. The maximum atomic E-state index is 12.0. The van der Waals surface area contributed by atoms with Gasteiger partial charge in [0.05, 0.1) is 10.0 Å². The average Bonchev–Trinajstić information content (AvgIpc) is 3.02. The number of carbonyl (C=O) groups is 1. The summed E-state index contributed by atoms with van der Waals surface area (Å²) in [5, 5.41) is 4.32. The first kappa shape index (κ1) is 14.2. The molecule has 4 heteroatoms. The summed E-state index contributed by atoms with van der Waals surface area (Å²) in [6.07, 6.45) is 6.39. The SMILES string of the molecule is O=C(CCc1ccc(Cl)c(Cl)c1)N[C@@H]1C[C@H]2CC[C@@H]1C2. The van der Waals surface area contributed by atoms with E-state index in [-0.39, 0.29) is 5.91 Å². The molecule has 20 heavy (non-hydrogen) atoms. The van der Waals surface area contributed by atoms with Gasteiger partial charge in [0, 0.05) is 12.5 Å². The summed E-state index contributed by atoms with van der Waals surface area (Å²) in [6, 6.07) is 5.98. The lowest BCUT2D eigenvalue weighted by Crippen LogP contribution is -2.38. The van der Waals surface area contributed by atoms with Crippen molar-refractivity contribution in [3.05, 3.63) is 33.8 Å². The van der Waals surface area contributed by atoms with E-state index in [0.717, 1.165) is 17.4 Å². The van der Waals surface area contributed by atoms with Crippen LogP contribution in [0.1, 0.15) is 37.7 Å². The summed E-state index contributed by atoms with van der Waals surface area (Å²) in [7, 11) is 0. The number of aryl methyl sites for hydroxylation is 1. The second-order valence-corrected chi connectivity index (χ2v) is 6.91. The molecule has 2 aliphatic carbocycles. The van der Waals surface area contributed by atoms with Crippen molar-refractivity contribution >= 4 is 29.1 Å². The molecule has 0 radical (unpaired) electrons. The molecular weight excluding hydrogens is 293 g/mol. The second-order valence-electron chi connectivity index (χ2n) is 6.10. The molecule has 1 aromatic rings. The summed E-state index contributed by atoms with van der Waals surface area (Å²) >= 11 is 11.9. The summed E-state index contributed by atoms with van der Waals surface area (Å²) in [5.41, 5.74) is 1.06. The molecule has 0 aliphatic heterocycles. The third-order valence-electron chi connectivity index (χ3n) is 4.71. The average molecular weight is 312 g/mol. The van der Waals surface area contributed by atoms with E-state index >= 15 is 0 Å². The molecule has 0 unspecified atom stereocenters. The Morgan fingerprint density at radius 3 is 2.70 bits per heavy atom. The van der Waals surface area contributed by atoms with Crippen molar-refractivity contribution in [1.82, 2.24) is 5.32 Å². The minimum Gasteiger partial charge on any atom is -0.353 e. The molecule has 2 aliphatic rings. The van der Waals surface area contributed by atoms with Crippen molar-refractivity contribution in [1.29, 1.82) is 0 Å². The maximum absolute atomic E-state index is 12.0. The van der Waals surface area contributed by atoms with E-state index in [2.05, 4.69) is 5.32 Å². The van der Waals surface area contributed by atoms with Gasteiger partial charge in [-0.15, -0.1) is 0 Å². The van der Waals surface area contributed by atoms with Crippen molar-refractivity contribution in [3.8, 4) is 0 Å². The van der Waals surface area contributed by atoms with Crippen molar-refractivity contribution in [2.24, 2.45) is 11.8 Å². The molecule has 1 N–H and O–H groups in total. The number of halogens is 2. The lowest BCUT2D eigenvalue weighted by Gasteiger charge is -2.22. The van der Waals surface area contributed by atoms with Crippen molar-refractivity contribution in [2.45, 2.75) is 44.6 Å². The van der Waals surface area contributed by atoms with Gasteiger partial charge in [-0.3, -0.25) is 4.79 Å². The van der Waals surface area contributed by atoms with Gasteiger partial charge in [-0.05, 0) is 55.2 Å². The number of benzene rings is 1. The molecule has 0 aromatic heterocycles. The van der Waals surface area contributed by atoms with Crippen LogP contribution in [0.4, 0.5) is 0 Å². The molecule has 108 valence electrons. The van der Waals surface area contributed by atoms with E-state index in [4.69, 9.17) is 23.2 Å². The Morgan fingerprint density at radius 2 is 2.05 bits per heavy atom. The number of rotatable bonds is 4. The number of hydrogen-bond acceptors (Lipinski definition) is 1. The van der Waals surface area contributed by atoms with Gasteiger partial charge in [0.25, 0.3) is 0 Å². The maximum Gasteiger partial charge on any atom is 0.220 e. The summed E-state index contributed by atoms with van der Waals surface area (Å²) in [6.45, 7) is 0. The summed E-state index contributed by atoms with van der Waals surface area (Å²) in [5.74, 6) is 1.75. The Balaban J connectivity index is 1.48. The van der Waals surface area contributed by atoms with Crippen LogP contribution in [-0.4, -0.2) is 11.9 Å². The smallest absolute Gasteiger partial charge is 0.220 e. The van der Waals surface area contributed by atoms with Gasteiger partial charge in [-0.1, -0.05) is 35.7 Å². The van der Waals surface area contributed by atoms with Crippen LogP contribution in [0.2, 0.25) is 10.0 Å². The Hall–Kier alpha value is -0.730. The van der Waals surface area contributed by atoms with Crippen LogP contribution >= 0.6 is 23.2 Å². The van der Waals surface area contributed by atoms with Gasteiger partial charge < -0.3 is 5.32 Å². The van der Waals surface area contributed by atoms with Gasteiger partial charge >= 0.3 is 0 Å². The van der Waals surface area contributed by atoms with E-state index in [0.29, 0.717) is 28.9 Å². The Bertz CT molecular complexity index is 517. The fourth-order valence-corrected chi connectivity index (χ4v) is 3.97. The zero-order chi connectivity index (χ0) is 14.1. The van der Waals surface area contributed by atoms with Crippen LogP contribution < -0.4 is 5.32 Å². The third kappa shape index (κ3) is 3.12. The Morgan fingerprint density at radius 1 is 1.20 bits per heavy atom. The monoisotopic (exact) mass is 311 g/mol. The molecule has 2 saturated carbocycles. The predicted molar refractivity (Wildman–Crippen MR) is 82.2 cm³/mol. The molecule has 2 fully saturated rings. The van der Waals surface area contributed by atoms with Crippen molar-refractivity contribution in [2.75, 3.05) is 0 Å². The van der Waals surface area contributed by atoms with Crippen LogP contribution in [0.15, 0.2) is 18.2 Å². The molecule has 1 aromatic carbocycles. The van der Waals surface area contributed by atoms with Gasteiger partial charge in [0.2, 0.25) is 5.91 Å². The number of fused-ring (bicyclic) bond motifs is 2. The number of nitrogens with one attached hydrogen (secondary N) is 1. The van der Waals surface area contributed by atoms with E-state index in [9.17, 15) is 4.79 Å². The van der Waals surface area contributed by atoms with E-state index in [1.807, 2.05) is 12.1 Å². The zero-order valence-electron chi connectivity index (χ0n) is 11.4. The van der Waals surface area contributed by atoms with E-state index in [1.165, 1.54) is 25.7 Å². The van der Waals surface area contributed by atoms with Crippen LogP contribution in [0.25, 0.3) is 0 Å². The van der Waals surface area contributed by atoms with Crippen LogP contribution in [0.5, 0.6) is 0 Å². The van der Waals surface area contributed by atoms with Crippen LogP contribution in [-0.2, 0) is 11.2 Å². The van der Waals surface area contributed by atoms with Crippen molar-refractivity contribution < 1.29 is 4.79 Å². The molecule has 2 nitrogen and oxygen atoms in total. The van der Waals surface area contributed by atoms with Gasteiger partial charge in [-0.25, -0.2) is 0 Å². The second kappa shape index (κ2) is 5.95. The molecule has 3 rings (SSSR count). The first-order valence-corrected chi connectivity index (χ1v) is 8.10. The van der Waals surface area contributed by atoms with Crippen molar-refractivity contribution in [3.63, 3.8) is 0 Å². The third-order valence-corrected chi connectivity index (χ3v) is 5.45. The first-order valence-electron chi connectivity index (χ1n) is 7.35. The van der Waals surface area contributed by atoms with Crippen LogP contribution in [0, 0.1) is 11.8 Å². The fourth-order valence-electron chi connectivity index (χ4n) is 3.65. The molecular formula is C16H19Cl2NO. The quantitative estimate of drug-likeness (QED) is 0.885. The molecule has 0 spiro atoms. The topological polar surface area (TPSA) is 29.1 Å². The highest BCUT2D eigenvalue weighted by Crippen LogP contribution is 2.44. The van der Waals surface area contributed by atoms with Gasteiger partial charge in [0.15, 0.2) is 0 Å². The molecule has 0 saturated heterocycles. The highest BCUT2D eigenvalue weighted by Gasteiger charge is 2.39. The number of amides is 1. The van der Waals surface area contributed by atoms with Gasteiger partial charge in [-0.2, -0.15) is 0 Å². The minimum atomic E-state index is 0.161. The standard InChI is InChI=1S/C16H19Cl2NO/c17-13-5-2-10(8-14(13)18)3-6-16(20)19-15-9-11-1-4-12(15)7-11/h2,5,8,11-12,15H,1,3-4,6-7,9H2,(H,19,20)/t11-,12+,15+/m0/s1. The Labute approximate surface area is 129 Å². The lowest BCUT2D eigenvalue weighted by molar-refractivity contribution is -0.122. The highest BCUT2D eigenvalue weighted by atomic mass is 35.5. The Kier molecular flexibility index (Phi) is 4.23. The summed E-state index contributed by atoms with van der Waals surface area (Å²) < 4.78 is 0. The molecule has 1 amide bonds. The molecule has 3 atom stereocenters. The molecule has 2 bridgehead atoms. The zero-order valence-corrected chi connectivity index (χ0v) is 12.9. The number of carbonyl (C=O) groups excluding carboxylic acids is 1. The fraction of sp³-hybridized carbons (Fsp3) is 0.562. The lowest BCUT2D eigenvalue weighted by atomic mass is 9.95. The normalized spacial score (nSPS) is 27.8. The van der Waals surface area contributed by atoms with Gasteiger partial charge in [0.1, 0.15) is 0 Å². The largest absolute Gasteiger partial charge is 0.353 e. The first-order chi connectivity index (χ1) is 9.61. The summed E-state index contributed by atoms with van der Waals surface area (Å²) in [4.78, 5) is 12.0. The number of hydrogen-bond donors (Lipinski definition) is 1. The van der Waals surface area contributed by atoms with Crippen LogP contribution in [0.3, 0.4) is 0 Å². The van der Waals surface area contributed by atoms with E-state index < -0.39 is 0 Å².